The van der Waals surface area contributed by atoms with E-state index in [2.05, 4.69) is 20.6 Å². The third-order valence-corrected chi connectivity index (χ3v) is 3.80. The summed E-state index contributed by atoms with van der Waals surface area (Å²) in [7, 11) is 1.51. The average molecular weight is 353 g/mol. The molecule has 0 fully saturated rings. The molecule has 0 aliphatic rings. The fourth-order valence-corrected chi connectivity index (χ4v) is 2.48. The van der Waals surface area contributed by atoms with Gasteiger partial charge in [-0.25, -0.2) is 14.8 Å². The normalized spacial score (nSPS) is 10.8. The van der Waals surface area contributed by atoms with Gasteiger partial charge in [0.25, 0.3) is 5.56 Å². The van der Waals surface area contributed by atoms with Gasteiger partial charge in [-0.15, -0.1) is 0 Å². The lowest BCUT2D eigenvalue weighted by Crippen LogP contribution is -2.25. The molecule has 0 atom stereocenters. The van der Waals surface area contributed by atoms with E-state index in [1.165, 1.54) is 13.1 Å². The highest BCUT2D eigenvalue weighted by molar-refractivity contribution is 5.88. The van der Waals surface area contributed by atoms with Crippen molar-refractivity contribution < 1.29 is 9.21 Å². The van der Waals surface area contributed by atoms with Crippen LogP contribution in [0.5, 0.6) is 0 Å². The lowest BCUT2D eigenvalue weighted by Gasteiger charge is -2.13. The number of pyridine rings is 1. The number of anilines is 1. The molecular formula is C18H19N5O3. The van der Waals surface area contributed by atoms with Gasteiger partial charge in [0.15, 0.2) is 5.76 Å². The van der Waals surface area contributed by atoms with Crippen molar-refractivity contribution in [1.29, 1.82) is 0 Å². The number of carbonyl (C=O) groups is 1. The minimum atomic E-state index is -0.420. The summed E-state index contributed by atoms with van der Waals surface area (Å²) in [6.07, 6.45) is 4.91. The molecule has 2 N–H and O–H groups in total. The number of carbonyl (C=O) groups excluding carboxylic acids is 1. The van der Waals surface area contributed by atoms with Gasteiger partial charge >= 0.3 is 6.03 Å². The monoisotopic (exact) mass is 353 g/mol. The molecular weight excluding hydrogens is 334 g/mol. The lowest BCUT2D eigenvalue weighted by atomic mass is 10.1. The quantitative estimate of drug-likeness (QED) is 0.751. The van der Waals surface area contributed by atoms with Crippen LogP contribution in [0.4, 0.5) is 10.7 Å². The second kappa shape index (κ2) is 7.22. The number of hydrogen-bond acceptors (Lipinski definition) is 5. The van der Waals surface area contributed by atoms with E-state index in [1.54, 1.807) is 41.4 Å². The predicted molar refractivity (Wildman–Crippen MR) is 97.9 cm³/mol. The van der Waals surface area contributed by atoms with Crippen LogP contribution in [0.25, 0.3) is 22.6 Å². The van der Waals surface area contributed by atoms with Gasteiger partial charge in [-0.3, -0.25) is 10.1 Å². The first kappa shape index (κ1) is 17.4. The lowest BCUT2D eigenvalue weighted by molar-refractivity contribution is 0.254. The number of rotatable bonds is 4. The summed E-state index contributed by atoms with van der Waals surface area (Å²) in [6.45, 7) is 3.87. The van der Waals surface area contributed by atoms with Gasteiger partial charge in [-0.1, -0.05) is 0 Å². The van der Waals surface area contributed by atoms with Gasteiger partial charge in [-0.05, 0) is 32.0 Å². The number of amides is 2. The van der Waals surface area contributed by atoms with E-state index >= 15 is 0 Å². The van der Waals surface area contributed by atoms with Gasteiger partial charge in [0.2, 0.25) is 5.95 Å². The minimum Gasteiger partial charge on any atom is -0.463 e. The Balaban J connectivity index is 2.14. The SMILES string of the molecule is CNC(=O)Nc1ncc(-c2ccc(=O)n(C(C)C)c2)c(-c2ccco2)n1. The summed E-state index contributed by atoms with van der Waals surface area (Å²) in [5.74, 6) is 0.682. The molecule has 0 saturated heterocycles. The standard InChI is InChI=1S/C18H19N5O3/c1-11(2)23-10-12(6-7-15(23)24)13-9-20-17(22-18(25)19-3)21-16(13)14-5-4-8-26-14/h4-11H,1-3H3,(H2,19,20,21,22,25). The van der Waals surface area contributed by atoms with Crippen molar-refractivity contribution in [2.75, 3.05) is 12.4 Å². The largest absolute Gasteiger partial charge is 0.463 e. The maximum absolute atomic E-state index is 12.0. The first-order chi connectivity index (χ1) is 12.5. The maximum atomic E-state index is 12.0. The molecule has 0 radical (unpaired) electrons. The van der Waals surface area contributed by atoms with Crippen LogP contribution >= 0.6 is 0 Å². The molecule has 0 unspecified atom stereocenters. The summed E-state index contributed by atoms with van der Waals surface area (Å²) in [5, 5.41) is 4.99. The Morgan fingerprint density at radius 2 is 2.08 bits per heavy atom. The molecule has 8 heteroatoms. The molecule has 0 aliphatic carbocycles. The van der Waals surface area contributed by atoms with Gasteiger partial charge in [0, 0.05) is 42.7 Å². The molecule has 134 valence electrons. The summed E-state index contributed by atoms with van der Waals surface area (Å²) >= 11 is 0. The number of nitrogens with zero attached hydrogens (tertiary/aromatic N) is 3. The highest BCUT2D eigenvalue weighted by atomic mass is 16.3. The molecule has 3 aromatic rings. The molecule has 0 spiro atoms. The molecule has 0 aliphatic heterocycles. The van der Waals surface area contributed by atoms with Crippen molar-refractivity contribution in [1.82, 2.24) is 19.9 Å². The second-order valence-electron chi connectivity index (χ2n) is 5.89. The van der Waals surface area contributed by atoms with Crippen LogP contribution in [-0.4, -0.2) is 27.6 Å². The molecule has 0 aromatic carbocycles. The fourth-order valence-electron chi connectivity index (χ4n) is 2.48. The number of aromatic nitrogens is 3. The summed E-state index contributed by atoms with van der Waals surface area (Å²) in [4.78, 5) is 32.2. The van der Waals surface area contributed by atoms with E-state index in [9.17, 15) is 9.59 Å². The van der Waals surface area contributed by atoms with Crippen LogP contribution in [0.15, 0.2) is 52.1 Å². The Morgan fingerprint density at radius 1 is 1.27 bits per heavy atom. The van der Waals surface area contributed by atoms with Gasteiger partial charge in [0.1, 0.15) is 5.69 Å². The molecule has 8 nitrogen and oxygen atoms in total. The Morgan fingerprint density at radius 3 is 2.73 bits per heavy atom. The fraction of sp³-hybridized carbons (Fsp3) is 0.222. The zero-order valence-corrected chi connectivity index (χ0v) is 14.7. The third kappa shape index (κ3) is 3.49. The van der Waals surface area contributed by atoms with E-state index in [-0.39, 0.29) is 17.5 Å². The average Bonchev–Trinajstić information content (AvgIpc) is 3.16. The van der Waals surface area contributed by atoms with Crippen LogP contribution in [0.3, 0.4) is 0 Å². The molecule has 3 heterocycles. The summed E-state index contributed by atoms with van der Waals surface area (Å²) in [5.41, 5.74) is 1.90. The number of hydrogen-bond donors (Lipinski definition) is 2. The summed E-state index contributed by atoms with van der Waals surface area (Å²) in [6, 6.07) is 6.35. The Bertz CT molecular complexity index is 977. The van der Waals surface area contributed by atoms with Crippen LogP contribution in [-0.2, 0) is 0 Å². The number of urea groups is 1. The number of nitrogens with one attached hydrogen (secondary N) is 2. The van der Waals surface area contributed by atoms with E-state index in [0.717, 1.165) is 5.56 Å². The van der Waals surface area contributed by atoms with Gasteiger partial charge < -0.3 is 14.3 Å². The highest BCUT2D eigenvalue weighted by Gasteiger charge is 2.16. The van der Waals surface area contributed by atoms with Crippen molar-refractivity contribution >= 4 is 12.0 Å². The van der Waals surface area contributed by atoms with Crippen molar-refractivity contribution in [2.45, 2.75) is 19.9 Å². The van der Waals surface area contributed by atoms with E-state index < -0.39 is 6.03 Å². The van der Waals surface area contributed by atoms with Crippen LogP contribution < -0.4 is 16.2 Å². The Labute approximate surface area is 149 Å². The van der Waals surface area contributed by atoms with Crippen molar-refractivity contribution in [3.8, 4) is 22.6 Å². The Kier molecular flexibility index (Phi) is 4.83. The first-order valence-corrected chi connectivity index (χ1v) is 8.12. The van der Waals surface area contributed by atoms with Crippen LogP contribution in [0.1, 0.15) is 19.9 Å². The highest BCUT2D eigenvalue weighted by Crippen LogP contribution is 2.30. The number of furan rings is 1. The topological polar surface area (TPSA) is 102 Å². The molecule has 0 bridgehead atoms. The molecule has 3 aromatic heterocycles. The van der Waals surface area contributed by atoms with E-state index in [4.69, 9.17) is 4.42 Å². The third-order valence-electron chi connectivity index (χ3n) is 3.80. The maximum Gasteiger partial charge on any atom is 0.321 e. The minimum absolute atomic E-state index is 0.0182. The van der Waals surface area contributed by atoms with E-state index in [1.807, 2.05) is 13.8 Å². The van der Waals surface area contributed by atoms with E-state index in [0.29, 0.717) is 17.0 Å². The van der Waals surface area contributed by atoms with Gasteiger partial charge in [-0.2, -0.15) is 0 Å². The second-order valence-corrected chi connectivity index (χ2v) is 5.89. The molecule has 26 heavy (non-hydrogen) atoms. The zero-order valence-electron chi connectivity index (χ0n) is 14.7. The molecule has 0 saturated carbocycles. The van der Waals surface area contributed by atoms with Gasteiger partial charge in [0.05, 0.1) is 6.26 Å². The smallest absolute Gasteiger partial charge is 0.321 e. The molecule has 3 rings (SSSR count). The van der Waals surface area contributed by atoms with Crippen molar-refractivity contribution in [3.05, 3.63) is 53.3 Å². The predicted octanol–water partition coefficient (Wildman–Crippen LogP) is 2.90. The van der Waals surface area contributed by atoms with Crippen molar-refractivity contribution in [2.24, 2.45) is 0 Å². The first-order valence-electron chi connectivity index (χ1n) is 8.12. The Hall–Kier alpha value is -3.42. The van der Waals surface area contributed by atoms with Crippen LogP contribution in [0, 0.1) is 0 Å². The van der Waals surface area contributed by atoms with Crippen LogP contribution in [0.2, 0.25) is 0 Å². The summed E-state index contributed by atoms with van der Waals surface area (Å²) < 4.78 is 7.12. The van der Waals surface area contributed by atoms with Crippen molar-refractivity contribution in [3.63, 3.8) is 0 Å². The zero-order chi connectivity index (χ0) is 18.7. The molecule has 2 amide bonds.